The summed E-state index contributed by atoms with van der Waals surface area (Å²) in [5, 5.41) is 0.566. The Labute approximate surface area is 122 Å². The van der Waals surface area contributed by atoms with Crippen molar-refractivity contribution in [2.24, 2.45) is 0 Å². The maximum Gasteiger partial charge on any atom is 0.278 e. The summed E-state index contributed by atoms with van der Waals surface area (Å²) in [6, 6.07) is 4.56. The first-order valence-corrected chi connectivity index (χ1v) is 6.71. The summed E-state index contributed by atoms with van der Waals surface area (Å²) in [7, 11) is 0. The van der Waals surface area contributed by atoms with Crippen LogP contribution in [0.1, 0.15) is 41.0 Å². The second kappa shape index (κ2) is 7.48. The minimum atomic E-state index is -0.697. The molecule has 1 aromatic carbocycles. The van der Waals surface area contributed by atoms with Gasteiger partial charge in [0.15, 0.2) is 0 Å². The van der Waals surface area contributed by atoms with Crippen LogP contribution in [0.3, 0.4) is 0 Å². The number of nitrogens with zero attached hydrogens (tertiary/aromatic N) is 1. The van der Waals surface area contributed by atoms with Crippen molar-refractivity contribution in [1.82, 2.24) is 5.06 Å². The van der Waals surface area contributed by atoms with Gasteiger partial charge < -0.3 is 0 Å². The Bertz CT molecular complexity index is 477. The number of rotatable bonds is 6. The molecule has 0 unspecified atom stereocenters. The van der Waals surface area contributed by atoms with E-state index in [1.165, 1.54) is 17.2 Å². The first kappa shape index (κ1) is 16.0. The number of carbonyl (C=O) groups is 2. The lowest BCUT2D eigenvalue weighted by Crippen LogP contribution is -2.31. The molecule has 0 aliphatic rings. The average Bonchev–Trinajstić information content (AvgIpc) is 2.39. The summed E-state index contributed by atoms with van der Waals surface area (Å²) >= 11 is 11.4. The zero-order valence-electron chi connectivity index (χ0n) is 10.8. The number of halogens is 2. The number of hydrogen-bond donors (Lipinski definition) is 0. The molecular weight excluding hydrogens is 289 g/mol. The minimum absolute atomic E-state index is 0.0473. The third-order valence-corrected chi connectivity index (χ3v) is 3.02. The van der Waals surface area contributed by atoms with Crippen LogP contribution in [0.2, 0.25) is 5.02 Å². The van der Waals surface area contributed by atoms with E-state index in [4.69, 9.17) is 28.0 Å². The van der Waals surface area contributed by atoms with Gasteiger partial charge in [0, 0.05) is 6.54 Å². The van der Waals surface area contributed by atoms with Crippen LogP contribution in [0.25, 0.3) is 0 Å². The first-order valence-electron chi connectivity index (χ1n) is 5.96. The van der Waals surface area contributed by atoms with Gasteiger partial charge in [-0.15, -0.1) is 0 Å². The average molecular weight is 304 g/mol. The van der Waals surface area contributed by atoms with E-state index in [0.29, 0.717) is 13.2 Å². The standard InChI is InChI=1S/C13H15Cl2NO3/c1-3-8-19-16(4-2)13(18)10-7-5-6-9(11(10)14)12(15)17/h5-7H,3-4,8H2,1-2H3. The number of carbonyl (C=O) groups excluding carboxylic acids is 2. The zero-order chi connectivity index (χ0) is 14.4. The molecule has 19 heavy (non-hydrogen) atoms. The molecule has 0 bridgehead atoms. The molecule has 0 aliphatic carbocycles. The van der Waals surface area contributed by atoms with Crippen molar-refractivity contribution in [2.75, 3.05) is 13.2 Å². The van der Waals surface area contributed by atoms with E-state index in [0.717, 1.165) is 6.42 Å². The van der Waals surface area contributed by atoms with Crippen LogP contribution < -0.4 is 0 Å². The van der Waals surface area contributed by atoms with Crippen molar-refractivity contribution in [3.8, 4) is 0 Å². The largest absolute Gasteiger partial charge is 0.278 e. The van der Waals surface area contributed by atoms with E-state index < -0.39 is 5.24 Å². The monoisotopic (exact) mass is 303 g/mol. The Morgan fingerprint density at radius 2 is 1.89 bits per heavy atom. The molecule has 0 radical (unpaired) electrons. The molecule has 0 N–H and O–H groups in total. The maximum atomic E-state index is 12.2. The fraction of sp³-hybridized carbons (Fsp3) is 0.385. The predicted octanol–water partition coefficient (Wildman–Crippen LogP) is 3.52. The van der Waals surface area contributed by atoms with Crippen LogP contribution in [0.5, 0.6) is 0 Å². The Morgan fingerprint density at radius 1 is 1.26 bits per heavy atom. The quantitative estimate of drug-likeness (QED) is 0.596. The zero-order valence-corrected chi connectivity index (χ0v) is 12.3. The highest BCUT2D eigenvalue weighted by Crippen LogP contribution is 2.24. The van der Waals surface area contributed by atoms with Crippen LogP contribution in [0.15, 0.2) is 18.2 Å². The lowest BCUT2D eigenvalue weighted by atomic mass is 10.1. The molecular formula is C13H15Cl2NO3. The van der Waals surface area contributed by atoms with Crippen LogP contribution in [-0.4, -0.2) is 29.4 Å². The molecule has 0 spiro atoms. The predicted molar refractivity (Wildman–Crippen MR) is 74.6 cm³/mol. The molecule has 6 heteroatoms. The van der Waals surface area contributed by atoms with Crippen molar-refractivity contribution < 1.29 is 14.4 Å². The Hall–Kier alpha value is -1.10. The normalized spacial score (nSPS) is 10.3. The Balaban J connectivity index is 3.04. The smallest absolute Gasteiger partial charge is 0.276 e. The molecule has 0 aliphatic heterocycles. The highest BCUT2D eigenvalue weighted by molar-refractivity contribution is 6.68. The van der Waals surface area contributed by atoms with Gasteiger partial charge >= 0.3 is 0 Å². The first-order chi connectivity index (χ1) is 9.02. The van der Waals surface area contributed by atoms with Gasteiger partial charge in [0.25, 0.3) is 11.1 Å². The molecule has 0 fully saturated rings. The van der Waals surface area contributed by atoms with Crippen LogP contribution in [0.4, 0.5) is 0 Å². The van der Waals surface area contributed by atoms with Gasteiger partial charge in [-0.05, 0) is 37.1 Å². The van der Waals surface area contributed by atoms with Gasteiger partial charge in [0.1, 0.15) is 0 Å². The van der Waals surface area contributed by atoms with Crippen LogP contribution in [0, 0.1) is 0 Å². The van der Waals surface area contributed by atoms with Gasteiger partial charge in [-0.3, -0.25) is 14.4 Å². The molecule has 0 saturated carbocycles. The number of hydrogen-bond acceptors (Lipinski definition) is 3. The summed E-state index contributed by atoms with van der Waals surface area (Å²) < 4.78 is 0. The van der Waals surface area contributed by atoms with Crippen LogP contribution in [-0.2, 0) is 4.84 Å². The SMILES string of the molecule is CCCON(CC)C(=O)c1cccc(C(=O)Cl)c1Cl. The number of benzene rings is 1. The molecule has 0 heterocycles. The van der Waals surface area contributed by atoms with Crippen molar-refractivity contribution in [3.05, 3.63) is 34.3 Å². The third kappa shape index (κ3) is 3.93. The second-order valence-corrected chi connectivity index (χ2v) is 4.50. The summed E-state index contributed by atoms with van der Waals surface area (Å²) in [4.78, 5) is 28.7. The molecule has 1 rings (SSSR count). The topological polar surface area (TPSA) is 46.6 Å². The molecule has 0 saturated heterocycles. The van der Waals surface area contributed by atoms with Gasteiger partial charge in [-0.2, -0.15) is 0 Å². The molecule has 1 aromatic rings. The molecule has 1 amide bonds. The van der Waals surface area contributed by atoms with Crippen molar-refractivity contribution in [3.63, 3.8) is 0 Å². The van der Waals surface area contributed by atoms with E-state index in [1.54, 1.807) is 13.0 Å². The van der Waals surface area contributed by atoms with Crippen molar-refractivity contribution in [1.29, 1.82) is 0 Å². The fourth-order valence-corrected chi connectivity index (χ4v) is 1.98. The van der Waals surface area contributed by atoms with E-state index in [1.807, 2.05) is 6.92 Å². The lowest BCUT2D eigenvalue weighted by molar-refractivity contribution is -0.120. The van der Waals surface area contributed by atoms with Crippen molar-refractivity contribution in [2.45, 2.75) is 20.3 Å². The highest BCUT2D eigenvalue weighted by Gasteiger charge is 2.21. The van der Waals surface area contributed by atoms with E-state index >= 15 is 0 Å². The van der Waals surface area contributed by atoms with Gasteiger partial charge in [-0.25, -0.2) is 5.06 Å². The summed E-state index contributed by atoms with van der Waals surface area (Å²) in [5.41, 5.74) is 0.312. The van der Waals surface area contributed by atoms with Crippen molar-refractivity contribution >= 4 is 34.4 Å². The summed E-state index contributed by atoms with van der Waals surface area (Å²) in [6.45, 7) is 4.55. The number of hydroxylamine groups is 2. The Morgan fingerprint density at radius 3 is 2.42 bits per heavy atom. The van der Waals surface area contributed by atoms with Gasteiger partial charge in [0.2, 0.25) is 0 Å². The molecule has 0 atom stereocenters. The van der Waals surface area contributed by atoms with Gasteiger partial charge in [-0.1, -0.05) is 24.6 Å². The summed E-state index contributed by atoms with van der Waals surface area (Å²) in [5.74, 6) is -0.388. The lowest BCUT2D eigenvalue weighted by Gasteiger charge is -2.20. The maximum absolute atomic E-state index is 12.2. The third-order valence-electron chi connectivity index (χ3n) is 2.41. The summed E-state index contributed by atoms with van der Waals surface area (Å²) in [6.07, 6.45) is 0.789. The fourth-order valence-electron chi connectivity index (χ4n) is 1.48. The second-order valence-electron chi connectivity index (χ2n) is 3.77. The Kier molecular flexibility index (Phi) is 6.28. The highest BCUT2D eigenvalue weighted by atomic mass is 35.5. The van der Waals surface area contributed by atoms with Crippen LogP contribution >= 0.6 is 23.2 Å². The molecule has 104 valence electrons. The molecule has 4 nitrogen and oxygen atoms in total. The van der Waals surface area contributed by atoms with E-state index in [2.05, 4.69) is 0 Å². The number of amides is 1. The van der Waals surface area contributed by atoms with E-state index in [-0.39, 0.29) is 22.1 Å². The minimum Gasteiger partial charge on any atom is -0.276 e. The molecule has 0 aromatic heterocycles. The van der Waals surface area contributed by atoms with Gasteiger partial charge in [0.05, 0.1) is 22.8 Å². The van der Waals surface area contributed by atoms with E-state index in [9.17, 15) is 9.59 Å².